The standard InChI is InChI=1S/C11H18O2/c1-10(2)8-4-5-11(10,3)9(6-8)13-7-12/h7-9H,4-6H2,1-3H3/t8?,9-,11-/m0/s1. The fraction of sp³-hybridized carbons (Fsp3) is 0.909. The van der Waals surface area contributed by atoms with Gasteiger partial charge >= 0.3 is 0 Å². The molecule has 13 heavy (non-hydrogen) atoms. The minimum Gasteiger partial charge on any atom is -0.464 e. The first kappa shape index (κ1) is 9.04. The lowest BCUT2D eigenvalue weighted by Gasteiger charge is -2.37. The number of ether oxygens (including phenoxy) is 1. The zero-order chi connectivity index (χ0) is 9.69. The van der Waals surface area contributed by atoms with Gasteiger partial charge in [0.05, 0.1) is 0 Å². The summed E-state index contributed by atoms with van der Waals surface area (Å²) in [5, 5.41) is 0. The van der Waals surface area contributed by atoms with Gasteiger partial charge in [-0.25, -0.2) is 0 Å². The maximum atomic E-state index is 10.4. The zero-order valence-electron chi connectivity index (χ0n) is 8.67. The van der Waals surface area contributed by atoms with Crippen LogP contribution in [0.5, 0.6) is 0 Å². The van der Waals surface area contributed by atoms with Crippen molar-refractivity contribution in [3.63, 3.8) is 0 Å². The summed E-state index contributed by atoms with van der Waals surface area (Å²) in [6.45, 7) is 7.53. The van der Waals surface area contributed by atoms with E-state index in [9.17, 15) is 4.79 Å². The molecule has 2 aliphatic carbocycles. The van der Waals surface area contributed by atoms with E-state index >= 15 is 0 Å². The van der Waals surface area contributed by atoms with E-state index in [1.165, 1.54) is 12.8 Å². The van der Waals surface area contributed by atoms with E-state index in [2.05, 4.69) is 20.8 Å². The number of carbonyl (C=O) groups is 1. The van der Waals surface area contributed by atoms with Gasteiger partial charge in [0.1, 0.15) is 6.10 Å². The Kier molecular flexibility index (Phi) is 1.73. The molecule has 0 aromatic rings. The normalized spacial score (nSPS) is 46.4. The molecule has 2 saturated carbocycles. The molecule has 0 radical (unpaired) electrons. The first-order valence-corrected chi connectivity index (χ1v) is 5.11. The van der Waals surface area contributed by atoms with Gasteiger partial charge < -0.3 is 4.74 Å². The summed E-state index contributed by atoms with van der Waals surface area (Å²) in [5.41, 5.74) is 0.569. The van der Waals surface area contributed by atoms with Crippen LogP contribution in [0, 0.1) is 16.7 Å². The lowest BCUT2D eigenvalue weighted by atomic mass is 9.70. The van der Waals surface area contributed by atoms with Gasteiger partial charge in [0.25, 0.3) is 6.47 Å². The van der Waals surface area contributed by atoms with Crippen molar-refractivity contribution in [2.45, 2.75) is 46.1 Å². The molecule has 2 fully saturated rings. The molecule has 2 bridgehead atoms. The van der Waals surface area contributed by atoms with Gasteiger partial charge in [-0.1, -0.05) is 20.8 Å². The second-order valence-corrected chi connectivity index (χ2v) is 5.33. The maximum absolute atomic E-state index is 10.4. The molecule has 1 unspecified atom stereocenters. The summed E-state index contributed by atoms with van der Waals surface area (Å²) < 4.78 is 5.19. The highest BCUT2D eigenvalue weighted by Gasteiger charge is 2.62. The molecule has 2 rings (SSSR count). The topological polar surface area (TPSA) is 26.3 Å². The molecule has 0 aromatic heterocycles. The lowest BCUT2D eigenvalue weighted by Crippen LogP contribution is -2.36. The Balaban J connectivity index is 2.27. The van der Waals surface area contributed by atoms with Gasteiger partial charge in [0, 0.05) is 5.41 Å². The molecule has 0 aliphatic heterocycles. The lowest BCUT2D eigenvalue weighted by molar-refractivity contribution is -0.141. The van der Waals surface area contributed by atoms with Crippen LogP contribution in [0.1, 0.15) is 40.0 Å². The Morgan fingerprint density at radius 3 is 2.46 bits per heavy atom. The third-order valence-electron chi connectivity index (χ3n) is 4.93. The van der Waals surface area contributed by atoms with Gasteiger partial charge in [-0.2, -0.15) is 0 Å². The van der Waals surface area contributed by atoms with Crippen molar-refractivity contribution in [1.82, 2.24) is 0 Å². The first-order valence-electron chi connectivity index (χ1n) is 5.11. The van der Waals surface area contributed by atoms with Crippen molar-refractivity contribution >= 4 is 6.47 Å². The van der Waals surface area contributed by atoms with Gasteiger partial charge in [0.2, 0.25) is 0 Å². The van der Waals surface area contributed by atoms with Crippen molar-refractivity contribution in [1.29, 1.82) is 0 Å². The molecule has 74 valence electrons. The fourth-order valence-electron chi connectivity index (χ4n) is 3.40. The summed E-state index contributed by atoms with van der Waals surface area (Å²) in [4.78, 5) is 10.4. The molecule has 2 aliphatic rings. The molecule has 0 amide bonds. The van der Waals surface area contributed by atoms with Crippen LogP contribution in [0.15, 0.2) is 0 Å². The number of rotatable bonds is 2. The van der Waals surface area contributed by atoms with Crippen LogP contribution in [0.25, 0.3) is 0 Å². The van der Waals surface area contributed by atoms with Crippen LogP contribution in [-0.2, 0) is 9.53 Å². The van der Waals surface area contributed by atoms with Gasteiger partial charge in [0.15, 0.2) is 0 Å². The Bertz CT molecular complexity index is 234. The number of fused-ring (bicyclic) bond motifs is 2. The van der Waals surface area contributed by atoms with Gasteiger partial charge in [-0.05, 0) is 30.6 Å². The quantitative estimate of drug-likeness (QED) is 0.613. The van der Waals surface area contributed by atoms with Gasteiger partial charge in [-0.15, -0.1) is 0 Å². The van der Waals surface area contributed by atoms with E-state index in [-0.39, 0.29) is 11.5 Å². The average molecular weight is 182 g/mol. The van der Waals surface area contributed by atoms with E-state index in [4.69, 9.17) is 4.74 Å². The van der Waals surface area contributed by atoms with Crippen LogP contribution in [0.2, 0.25) is 0 Å². The molecule has 0 heterocycles. The van der Waals surface area contributed by atoms with Crippen LogP contribution < -0.4 is 0 Å². The van der Waals surface area contributed by atoms with Crippen LogP contribution in [0.4, 0.5) is 0 Å². The predicted molar refractivity (Wildman–Crippen MR) is 50.2 cm³/mol. The Labute approximate surface area is 79.7 Å². The SMILES string of the molecule is CC1(C)C2CC[C@@]1(C)[C@@H](OC=O)C2. The van der Waals surface area contributed by atoms with E-state index in [1.807, 2.05) is 0 Å². The van der Waals surface area contributed by atoms with Crippen molar-refractivity contribution in [3.05, 3.63) is 0 Å². The first-order chi connectivity index (χ1) is 6.02. The number of carbonyl (C=O) groups excluding carboxylic acids is 1. The van der Waals surface area contributed by atoms with E-state index < -0.39 is 0 Å². The molecule has 2 heteroatoms. The second-order valence-electron chi connectivity index (χ2n) is 5.33. The van der Waals surface area contributed by atoms with Crippen LogP contribution >= 0.6 is 0 Å². The highest BCUT2D eigenvalue weighted by atomic mass is 16.5. The number of hydrogen-bond donors (Lipinski definition) is 0. The molecule has 3 atom stereocenters. The zero-order valence-corrected chi connectivity index (χ0v) is 8.67. The Morgan fingerprint density at radius 2 is 2.08 bits per heavy atom. The smallest absolute Gasteiger partial charge is 0.293 e. The minimum absolute atomic E-state index is 0.166. The van der Waals surface area contributed by atoms with Crippen molar-refractivity contribution < 1.29 is 9.53 Å². The largest absolute Gasteiger partial charge is 0.464 e. The van der Waals surface area contributed by atoms with Crippen LogP contribution in [-0.4, -0.2) is 12.6 Å². The Morgan fingerprint density at radius 1 is 1.38 bits per heavy atom. The third kappa shape index (κ3) is 0.918. The molecule has 2 nitrogen and oxygen atoms in total. The van der Waals surface area contributed by atoms with Crippen molar-refractivity contribution in [2.24, 2.45) is 16.7 Å². The summed E-state index contributed by atoms with van der Waals surface area (Å²) >= 11 is 0. The molecular weight excluding hydrogens is 164 g/mol. The van der Waals surface area contributed by atoms with E-state index in [1.54, 1.807) is 0 Å². The summed E-state index contributed by atoms with van der Waals surface area (Å²) in [5.74, 6) is 0.752. The molecule has 0 saturated heterocycles. The van der Waals surface area contributed by atoms with Crippen molar-refractivity contribution in [2.75, 3.05) is 0 Å². The van der Waals surface area contributed by atoms with Gasteiger partial charge in [-0.3, -0.25) is 4.79 Å². The Hall–Kier alpha value is -0.530. The predicted octanol–water partition coefficient (Wildman–Crippen LogP) is 2.37. The van der Waals surface area contributed by atoms with E-state index in [0.29, 0.717) is 11.9 Å². The maximum Gasteiger partial charge on any atom is 0.293 e. The minimum atomic E-state index is 0.166. The monoisotopic (exact) mass is 182 g/mol. The van der Waals surface area contributed by atoms with Crippen molar-refractivity contribution in [3.8, 4) is 0 Å². The van der Waals surface area contributed by atoms with E-state index in [0.717, 1.165) is 12.3 Å². The summed E-state index contributed by atoms with van der Waals surface area (Å²) in [7, 11) is 0. The highest BCUT2D eigenvalue weighted by molar-refractivity contribution is 5.38. The molecule has 0 spiro atoms. The summed E-state index contributed by atoms with van der Waals surface area (Å²) in [6.07, 6.45) is 3.76. The average Bonchev–Trinajstić information content (AvgIpc) is 2.37. The molecule has 0 aromatic carbocycles. The number of hydrogen-bond acceptors (Lipinski definition) is 2. The second kappa shape index (κ2) is 2.49. The third-order valence-corrected chi connectivity index (χ3v) is 4.93. The summed E-state index contributed by atoms with van der Waals surface area (Å²) in [6, 6.07) is 0. The van der Waals surface area contributed by atoms with Crippen LogP contribution in [0.3, 0.4) is 0 Å². The molecule has 0 N–H and O–H groups in total. The molecular formula is C11H18O2. The highest BCUT2D eigenvalue weighted by Crippen LogP contribution is 2.66. The fourth-order valence-corrected chi connectivity index (χ4v) is 3.40.